The van der Waals surface area contributed by atoms with Gasteiger partial charge in [0.25, 0.3) is 0 Å². The molecule has 0 amide bonds. The molecule has 1 aromatic rings. The van der Waals surface area contributed by atoms with Gasteiger partial charge in [0, 0.05) is 10.9 Å². The van der Waals surface area contributed by atoms with E-state index >= 15 is 0 Å². The molecule has 1 aromatic heterocycles. The fraction of sp³-hybridized carbons (Fsp3) is 0.667. The maximum Gasteiger partial charge on any atom is 0.183 e. The monoisotopic (exact) mass is 199 g/mol. The third-order valence-corrected chi connectivity index (χ3v) is 2.82. The Hall–Kier alpha value is -0.610. The topological polar surface area (TPSA) is 50.9 Å². The highest BCUT2D eigenvalue weighted by Gasteiger charge is 2.06. The van der Waals surface area contributed by atoms with Crippen molar-refractivity contribution in [3.05, 3.63) is 10.6 Å². The van der Waals surface area contributed by atoms with Crippen molar-refractivity contribution in [2.24, 2.45) is 5.73 Å². The van der Waals surface area contributed by atoms with Crippen LogP contribution >= 0.6 is 11.3 Å². The molecule has 0 spiro atoms. The van der Waals surface area contributed by atoms with E-state index in [1.807, 2.05) is 6.92 Å². The largest absolute Gasteiger partial charge is 0.359 e. The summed E-state index contributed by atoms with van der Waals surface area (Å²) >= 11 is 1.71. The molecule has 0 aliphatic heterocycles. The van der Waals surface area contributed by atoms with Gasteiger partial charge in [-0.3, -0.25) is 0 Å². The Bertz CT molecular complexity index is 268. The molecule has 4 heteroatoms. The van der Waals surface area contributed by atoms with Crippen LogP contribution in [-0.2, 0) is 6.42 Å². The maximum absolute atomic E-state index is 5.50. The maximum atomic E-state index is 5.50. The Balaban J connectivity index is 2.70. The van der Waals surface area contributed by atoms with Crippen molar-refractivity contribution in [1.29, 1.82) is 0 Å². The van der Waals surface area contributed by atoms with Crippen LogP contribution in [0.4, 0.5) is 5.13 Å². The van der Waals surface area contributed by atoms with Crippen molar-refractivity contribution in [2.45, 2.75) is 33.2 Å². The predicted molar refractivity (Wildman–Crippen MR) is 58.4 cm³/mol. The number of hydrogen-bond acceptors (Lipinski definition) is 4. The molecule has 0 aliphatic rings. The second kappa shape index (κ2) is 4.58. The first-order valence-corrected chi connectivity index (χ1v) is 5.38. The number of nitrogens with two attached hydrogens (primary N) is 1. The minimum Gasteiger partial charge on any atom is -0.359 e. The van der Waals surface area contributed by atoms with Crippen LogP contribution in [-0.4, -0.2) is 17.6 Å². The van der Waals surface area contributed by atoms with Gasteiger partial charge in [-0.15, -0.1) is 11.3 Å². The van der Waals surface area contributed by atoms with Crippen LogP contribution in [0.5, 0.6) is 0 Å². The number of nitrogens with one attached hydrogen (secondary N) is 1. The number of hydrogen-bond donors (Lipinski definition) is 2. The Morgan fingerprint density at radius 2 is 2.23 bits per heavy atom. The molecule has 13 heavy (non-hydrogen) atoms. The zero-order chi connectivity index (χ0) is 9.84. The van der Waals surface area contributed by atoms with Gasteiger partial charge < -0.3 is 11.1 Å². The summed E-state index contributed by atoms with van der Waals surface area (Å²) in [6, 6.07) is 0.441. The summed E-state index contributed by atoms with van der Waals surface area (Å²) in [5, 5.41) is 4.30. The highest BCUT2D eigenvalue weighted by atomic mass is 32.1. The number of aryl methyl sites for hydroxylation is 1. The molecule has 3 nitrogen and oxygen atoms in total. The lowest BCUT2D eigenvalue weighted by molar-refractivity contribution is 0.894. The van der Waals surface area contributed by atoms with E-state index < -0.39 is 0 Å². The van der Waals surface area contributed by atoms with Crippen molar-refractivity contribution < 1.29 is 0 Å². The summed E-state index contributed by atoms with van der Waals surface area (Å²) in [6.07, 6.45) is 0.934. The van der Waals surface area contributed by atoms with E-state index in [4.69, 9.17) is 5.73 Å². The van der Waals surface area contributed by atoms with Gasteiger partial charge in [-0.05, 0) is 33.7 Å². The van der Waals surface area contributed by atoms with Gasteiger partial charge in [-0.1, -0.05) is 0 Å². The third kappa shape index (κ3) is 2.97. The summed E-state index contributed by atoms with van der Waals surface area (Å²) in [4.78, 5) is 5.72. The number of nitrogens with zero attached hydrogens (tertiary/aromatic N) is 1. The minimum atomic E-state index is 0.441. The van der Waals surface area contributed by atoms with Crippen LogP contribution in [0.2, 0.25) is 0 Å². The summed E-state index contributed by atoms with van der Waals surface area (Å²) < 4.78 is 0. The second-order valence-electron chi connectivity index (χ2n) is 3.37. The van der Waals surface area contributed by atoms with Crippen LogP contribution in [0, 0.1) is 6.92 Å². The first kappa shape index (κ1) is 10.5. The van der Waals surface area contributed by atoms with E-state index in [1.165, 1.54) is 4.88 Å². The average Bonchev–Trinajstić information content (AvgIpc) is 2.31. The molecule has 0 atom stereocenters. The molecule has 0 saturated heterocycles. The first-order chi connectivity index (χ1) is 6.13. The van der Waals surface area contributed by atoms with Crippen LogP contribution in [0.1, 0.15) is 24.4 Å². The molecule has 0 saturated carbocycles. The van der Waals surface area contributed by atoms with Gasteiger partial charge >= 0.3 is 0 Å². The molecular formula is C9H17N3S. The molecule has 0 aliphatic carbocycles. The smallest absolute Gasteiger partial charge is 0.183 e. The van der Waals surface area contributed by atoms with Crippen LogP contribution < -0.4 is 11.1 Å². The Labute approximate surface area is 83.4 Å². The zero-order valence-corrected chi connectivity index (χ0v) is 9.24. The molecule has 1 heterocycles. The van der Waals surface area contributed by atoms with Gasteiger partial charge in [-0.2, -0.15) is 0 Å². The molecule has 1 rings (SSSR count). The van der Waals surface area contributed by atoms with Crippen LogP contribution in [0.15, 0.2) is 0 Å². The van der Waals surface area contributed by atoms with E-state index in [1.54, 1.807) is 11.3 Å². The highest BCUT2D eigenvalue weighted by molar-refractivity contribution is 7.15. The van der Waals surface area contributed by atoms with Crippen LogP contribution in [0.3, 0.4) is 0 Å². The normalized spacial score (nSPS) is 10.8. The van der Waals surface area contributed by atoms with Gasteiger partial charge in [0.15, 0.2) is 5.13 Å². The van der Waals surface area contributed by atoms with Gasteiger partial charge in [0.2, 0.25) is 0 Å². The SMILES string of the molecule is Cc1nc(NC(C)C)sc1CCN. The summed E-state index contributed by atoms with van der Waals surface area (Å²) in [7, 11) is 0. The molecule has 0 fully saturated rings. The van der Waals surface area contributed by atoms with Gasteiger partial charge in [0.1, 0.15) is 0 Å². The summed E-state index contributed by atoms with van der Waals surface area (Å²) in [5.41, 5.74) is 6.61. The predicted octanol–water partition coefficient (Wildman–Crippen LogP) is 1.77. The summed E-state index contributed by atoms with van der Waals surface area (Å²) in [6.45, 7) is 6.95. The van der Waals surface area contributed by atoms with E-state index in [2.05, 4.69) is 24.1 Å². The van der Waals surface area contributed by atoms with Crippen molar-refractivity contribution >= 4 is 16.5 Å². The number of rotatable bonds is 4. The van der Waals surface area contributed by atoms with Crippen molar-refractivity contribution in [3.63, 3.8) is 0 Å². The zero-order valence-electron chi connectivity index (χ0n) is 8.42. The van der Waals surface area contributed by atoms with E-state index in [9.17, 15) is 0 Å². The molecule has 3 N–H and O–H groups in total. The standard InChI is InChI=1S/C9H17N3S/c1-6(2)11-9-12-7(3)8(13-9)4-5-10/h6H,4-5,10H2,1-3H3,(H,11,12). The molecule has 74 valence electrons. The van der Waals surface area contributed by atoms with Crippen molar-refractivity contribution in [2.75, 3.05) is 11.9 Å². The summed E-state index contributed by atoms with van der Waals surface area (Å²) in [5.74, 6) is 0. The fourth-order valence-corrected chi connectivity index (χ4v) is 2.22. The lowest BCUT2D eigenvalue weighted by atomic mass is 10.3. The average molecular weight is 199 g/mol. The molecule has 0 aromatic carbocycles. The van der Waals surface area contributed by atoms with E-state index in [0.29, 0.717) is 12.6 Å². The number of thiazole rings is 1. The van der Waals surface area contributed by atoms with Crippen molar-refractivity contribution in [1.82, 2.24) is 4.98 Å². The lowest BCUT2D eigenvalue weighted by Gasteiger charge is -2.03. The Kier molecular flexibility index (Phi) is 3.69. The van der Waals surface area contributed by atoms with E-state index in [-0.39, 0.29) is 0 Å². The minimum absolute atomic E-state index is 0.441. The lowest BCUT2D eigenvalue weighted by Crippen LogP contribution is -2.08. The third-order valence-electron chi connectivity index (χ3n) is 1.68. The number of anilines is 1. The van der Waals surface area contributed by atoms with Gasteiger partial charge in [-0.25, -0.2) is 4.98 Å². The molecule has 0 bridgehead atoms. The van der Waals surface area contributed by atoms with Gasteiger partial charge in [0.05, 0.1) is 5.69 Å². The quantitative estimate of drug-likeness (QED) is 0.777. The first-order valence-electron chi connectivity index (χ1n) is 4.56. The van der Waals surface area contributed by atoms with Crippen molar-refractivity contribution in [3.8, 4) is 0 Å². The van der Waals surface area contributed by atoms with Crippen LogP contribution in [0.25, 0.3) is 0 Å². The fourth-order valence-electron chi connectivity index (χ4n) is 1.10. The molecule has 0 unspecified atom stereocenters. The molecular weight excluding hydrogens is 182 g/mol. The molecule has 0 radical (unpaired) electrons. The van der Waals surface area contributed by atoms with E-state index in [0.717, 1.165) is 17.2 Å². The second-order valence-corrected chi connectivity index (χ2v) is 4.45. The Morgan fingerprint density at radius 3 is 2.77 bits per heavy atom. The number of aromatic nitrogens is 1. The Morgan fingerprint density at radius 1 is 1.54 bits per heavy atom. The highest BCUT2D eigenvalue weighted by Crippen LogP contribution is 2.23.